The van der Waals surface area contributed by atoms with E-state index in [0.29, 0.717) is 13.2 Å². The number of rotatable bonds is 12. The highest BCUT2D eigenvalue weighted by Crippen LogP contribution is 2.22. The predicted octanol–water partition coefficient (Wildman–Crippen LogP) is 2.20. The van der Waals surface area contributed by atoms with Crippen molar-refractivity contribution in [3.05, 3.63) is 62.9 Å². The van der Waals surface area contributed by atoms with Crippen LogP contribution in [0.1, 0.15) is 44.2 Å². The van der Waals surface area contributed by atoms with Gasteiger partial charge in [-0.3, -0.25) is 14.3 Å². The number of aromatic nitrogens is 2. The van der Waals surface area contributed by atoms with Gasteiger partial charge in [-0.2, -0.15) is 0 Å². The second-order valence-corrected chi connectivity index (χ2v) is 7.53. The fourth-order valence-corrected chi connectivity index (χ4v) is 3.31. The second-order valence-electron chi connectivity index (χ2n) is 7.53. The monoisotopic (exact) mass is 417 g/mol. The molecule has 30 heavy (non-hydrogen) atoms. The summed E-state index contributed by atoms with van der Waals surface area (Å²) >= 11 is 0. The zero-order valence-electron chi connectivity index (χ0n) is 17.5. The number of aromatic amines is 1. The lowest BCUT2D eigenvalue weighted by molar-refractivity contribution is 0.0707. The summed E-state index contributed by atoms with van der Waals surface area (Å²) in [5, 5.41) is 3.55. The number of nitrogens with one attached hydrogen (secondary N) is 2. The molecular formula is C22H31N3O5. The first-order valence-electron chi connectivity index (χ1n) is 10.6. The fourth-order valence-electron chi connectivity index (χ4n) is 3.31. The van der Waals surface area contributed by atoms with Gasteiger partial charge in [-0.05, 0) is 50.4 Å². The Hall–Kier alpha value is -2.42. The van der Waals surface area contributed by atoms with Gasteiger partial charge in [0.1, 0.15) is 18.6 Å². The number of ether oxygens (including phenoxy) is 3. The van der Waals surface area contributed by atoms with E-state index in [-0.39, 0.29) is 18.9 Å². The Bertz CT molecular complexity index is 889. The Kier molecular flexibility index (Phi) is 8.67. The highest BCUT2D eigenvalue weighted by atomic mass is 16.5. The standard InChI is InChI=1S/C22H31N3O5/c1-17(18-6-5-7-19(14-18)30-20-9-13-28-15-20)23-10-3-2-4-12-29-16-25-11-8-21(26)24-22(25)27/h5-8,11,14,17,20,23H,2-4,9-10,12-13,15-16H2,1H3,(H,24,26,27)/t17-,20+/m1/s1. The molecule has 1 aliphatic rings. The van der Waals surface area contributed by atoms with E-state index in [0.717, 1.165) is 44.6 Å². The first-order chi connectivity index (χ1) is 14.6. The molecule has 1 aromatic heterocycles. The van der Waals surface area contributed by atoms with E-state index in [1.54, 1.807) is 0 Å². The molecule has 0 bridgehead atoms. The maximum atomic E-state index is 11.5. The lowest BCUT2D eigenvalue weighted by Crippen LogP contribution is -2.29. The summed E-state index contributed by atoms with van der Waals surface area (Å²) in [4.78, 5) is 24.8. The molecule has 0 aliphatic carbocycles. The second kappa shape index (κ2) is 11.7. The van der Waals surface area contributed by atoms with Gasteiger partial charge in [0.05, 0.1) is 13.2 Å². The van der Waals surface area contributed by atoms with Gasteiger partial charge in [0, 0.05) is 31.3 Å². The van der Waals surface area contributed by atoms with Crippen LogP contribution in [0.5, 0.6) is 5.75 Å². The summed E-state index contributed by atoms with van der Waals surface area (Å²) < 4.78 is 18.2. The van der Waals surface area contributed by atoms with Crippen molar-refractivity contribution in [2.75, 3.05) is 26.4 Å². The summed E-state index contributed by atoms with van der Waals surface area (Å²) in [7, 11) is 0. The number of hydrogen-bond donors (Lipinski definition) is 2. The van der Waals surface area contributed by atoms with E-state index in [1.807, 2.05) is 12.1 Å². The van der Waals surface area contributed by atoms with Crippen molar-refractivity contribution in [1.29, 1.82) is 0 Å². The Balaban J connectivity index is 1.28. The van der Waals surface area contributed by atoms with Gasteiger partial charge in [0.25, 0.3) is 5.56 Å². The van der Waals surface area contributed by atoms with Crippen LogP contribution in [-0.2, 0) is 16.2 Å². The van der Waals surface area contributed by atoms with Crippen molar-refractivity contribution in [3.63, 3.8) is 0 Å². The van der Waals surface area contributed by atoms with E-state index >= 15 is 0 Å². The SMILES string of the molecule is C[C@@H](NCCCCCOCn1ccc(=O)[nH]c1=O)c1cccc(O[C@H]2CCOC2)c1. The van der Waals surface area contributed by atoms with Crippen molar-refractivity contribution in [3.8, 4) is 5.75 Å². The molecular weight excluding hydrogens is 386 g/mol. The average molecular weight is 418 g/mol. The molecule has 0 unspecified atom stereocenters. The van der Waals surface area contributed by atoms with E-state index in [4.69, 9.17) is 14.2 Å². The molecule has 0 radical (unpaired) electrons. The summed E-state index contributed by atoms with van der Waals surface area (Å²) in [6, 6.07) is 9.80. The smallest absolute Gasteiger partial charge is 0.330 e. The number of unbranched alkanes of at least 4 members (excludes halogenated alkanes) is 2. The van der Waals surface area contributed by atoms with Crippen LogP contribution < -0.4 is 21.3 Å². The topological polar surface area (TPSA) is 94.6 Å². The van der Waals surface area contributed by atoms with Crippen molar-refractivity contribution in [1.82, 2.24) is 14.9 Å². The van der Waals surface area contributed by atoms with Gasteiger partial charge >= 0.3 is 5.69 Å². The fraction of sp³-hybridized carbons (Fsp3) is 0.545. The van der Waals surface area contributed by atoms with Crippen molar-refractivity contribution in [2.24, 2.45) is 0 Å². The molecule has 8 nitrogen and oxygen atoms in total. The summed E-state index contributed by atoms with van der Waals surface area (Å²) in [5.41, 5.74) is 0.355. The van der Waals surface area contributed by atoms with E-state index < -0.39 is 11.2 Å². The lowest BCUT2D eigenvalue weighted by Gasteiger charge is -2.17. The maximum absolute atomic E-state index is 11.5. The lowest BCUT2D eigenvalue weighted by atomic mass is 10.1. The Morgan fingerprint density at radius 1 is 1.27 bits per heavy atom. The third-order valence-electron chi connectivity index (χ3n) is 5.09. The molecule has 2 heterocycles. The number of H-pyrrole nitrogens is 1. The molecule has 2 N–H and O–H groups in total. The zero-order valence-corrected chi connectivity index (χ0v) is 17.5. The number of hydrogen-bond acceptors (Lipinski definition) is 6. The van der Waals surface area contributed by atoms with Crippen molar-refractivity contribution in [2.45, 2.75) is 51.5 Å². The third kappa shape index (κ3) is 7.12. The molecule has 0 spiro atoms. The van der Waals surface area contributed by atoms with E-state index in [9.17, 15) is 9.59 Å². The zero-order chi connectivity index (χ0) is 21.2. The minimum atomic E-state index is -0.452. The number of nitrogens with zero attached hydrogens (tertiary/aromatic N) is 1. The van der Waals surface area contributed by atoms with Gasteiger partial charge in [-0.25, -0.2) is 4.79 Å². The molecule has 1 aliphatic heterocycles. The molecule has 1 fully saturated rings. The van der Waals surface area contributed by atoms with E-state index in [2.05, 4.69) is 29.4 Å². The largest absolute Gasteiger partial charge is 0.488 e. The Morgan fingerprint density at radius 2 is 2.17 bits per heavy atom. The van der Waals surface area contributed by atoms with Crippen LogP contribution in [0.3, 0.4) is 0 Å². The Morgan fingerprint density at radius 3 is 2.97 bits per heavy atom. The van der Waals surface area contributed by atoms with Gasteiger partial charge in [0.15, 0.2) is 0 Å². The molecule has 1 aromatic carbocycles. The van der Waals surface area contributed by atoms with Gasteiger partial charge in [-0.1, -0.05) is 12.1 Å². The van der Waals surface area contributed by atoms with Gasteiger partial charge < -0.3 is 19.5 Å². The molecule has 0 saturated carbocycles. The third-order valence-corrected chi connectivity index (χ3v) is 5.09. The molecule has 2 atom stereocenters. The highest BCUT2D eigenvalue weighted by Gasteiger charge is 2.17. The summed E-state index contributed by atoms with van der Waals surface area (Å²) in [5.74, 6) is 0.899. The van der Waals surface area contributed by atoms with Crippen LogP contribution in [0, 0.1) is 0 Å². The molecule has 2 aromatic rings. The first kappa shape index (κ1) is 22.3. The first-order valence-corrected chi connectivity index (χ1v) is 10.6. The predicted molar refractivity (Wildman–Crippen MR) is 114 cm³/mol. The van der Waals surface area contributed by atoms with Gasteiger partial charge in [0.2, 0.25) is 0 Å². The summed E-state index contributed by atoms with van der Waals surface area (Å²) in [6.07, 6.45) is 5.54. The van der Waals surface area contributed by atoms with Gasteiger partial charge in [-0.15, -0.1) is 0 Å². The Labute approximate surface area is 176 Å². The normalized spacial score (nSPS) is 17.2. The molecule has 164 valence electrons. The van der Waals surface area contributed by atoms with Crippen LogP contribution in [0.2, 0.25) is 0 Å². The van der Waals surface area contributed by atoms with Crippen molar-refractivity contribution < 1.29 is 14.2 Å². The molecule has 3 rings (SSSR count). The van der Waals surface area contributed by atoms with Crippen LogP contribution in [0.15, 0.2) is 46.1 Å². The maximum Gasteiger partial charge on any atom is 0.330 e. The van der Waals surface area contributed by atoms with Crippen LogP contribution in [-0.4, -0.2) is 42.0 Å². The summed E-state index contributed by atoms with van der Waals surface area (Å²) in [6.45, 7) is 5.24. The van der Waals surface area contributed by atoms with E-state index in [1.165, 1.54) is 22.4 Å². The molecule has 0 amide bonds. The van der Waals surface area contributed by atoms with Crippen LogP contribution >= 0.6 is 0 Å². The average Bonchev–Trinajstić information content (AvgIpc) is 3.24. The minimum absolute atomic E-state index is 0.149. The van der Waals surface area contributed by atoms with Crippen LogP contribution in [0.4, 0.5) is 0 Å². The number of benzene rings is 1. The highest BCUT2D eigenvalue weighted by molar-refractivity contribution is 5.30. The minimum Gasteiger partial charge on any atom is -0.488 e. The molecule has 1 saturated heterocycles. The van der Waals surface area contributed by atoms with Crippen molar-refractivity contribution >= 4 is 0 Å². The quantitative estimate of drug-likeness (QED) is 0.514. The molecule has 8 heteroatoms. The van der Waals surface area contributed by atoms with Crippen LogP contribution in [0.25, 0.3) is 0 Å².